The maximum atomic E-state index is 13.1. The smallest absolute Gasteiger partial charge is 0.410 e. The van der Waals surface area contributed by atoms with Gasteiger partial charge >= 0.3 is 12.3 Å². The highest BCUT2D eigenvalue weighted by Gasteiger charge is 2.42. The van der Waals surface area contributed by atoms with Crippen LogP contribution in [0, 0.1) is 12.8 Å². The van der Waals surface area contributed by atoms with Gasteiger partial charge in [0, 0.05) is 36.7 Å². The summed E-state index contributed by atoms with van der Waals surface area (Å²) in [5.74, 6) is -1.10. The lowest BCUT2D eigenvalue weighted by atomic mass is 9.80. The second kappa shape index (κ2) is 8.80. The molecule has 1 saturated heterocycles. The number of carbonyl (C=O) groups excluding carboxylic acids is 1. The third-order valence-electron chi connectivity index (χ3n) is 6.70. The van der Waals surface area contributed by atoms with Gasteiger partial charge in [0.25, 0.3) is 0 Å². The quantitative estimate of drug-likeness (QED) is 0.546. The number of hydrogen-bond donors (Lipinski definition) is 0. The standard InChI is InChI=1S/C24H33F3N4O2/c1-15-12-20(17-6-5-11-30(14-17)22(32)33-23(2,3)4)31-21(28-15)13-19(29-31)16-7-9-18(10-8-16)24(25,26)27/h12-13,16-18H,5-11,14H2,1-4H3/t16?,17-,18?/m0/s1. The van der Waals surface area contributed by atoms with Crippen molar-refractivity contribution in [1.82, 2.24) is 19.5 Å². The lowest BCUT2D eigenvalue weighted by molar-refractivity contribution is -0.182. The molecule has 1 saturated carbocycles. The summed E-state index contributed by atoms with van der Waals surface area (Å²) in [6.45, 7) is 8.70. The maximum Gasteiger partial charge on any atom is 0.410 e. The largest absolute Gasteiger partial charge is 0.444 e. The van der Waals surface area contributed by atoms with Crippen molar-refractivity contribution >= 4 is 11.7 Å². The summed E-state index contributed by atoms with van der Waals surface area (Å²) in [7, 11) is 0. The van der Waals surface area contributed by atoms with Gasteiger partial charge in [0.1, 0.15) is 5.60 Å². The highest BCUT2D eigenvalue weighted by Crippen LogP contribution is 2.43. The van der Waals surface area contributed by atoms with Crippen molar-refractivity contribution in [2.75, 3.05) is 13.1 Å². The van der Waals surface area contributed by atoms with E-state index in [0.29, 0.717) is 31.6 Å². The zero-order chi connectivity index (χ0) is 24.0. The number of halogens is 3. The minimum Gasteiger partial charge on any atom is -0.444 e. The second-order valence-corrected chi connectivity index (χ2v) is 10.5. The average Bonchev–Trinajstić information content (AvgIpc) is 3.15. The first-order chi connectivity index (χ1) is 15.4. The number of carbonyl (C=O) groups is 1. The van der Waals surface area contributed by atoms with Crippen LogP contribution in [-0.2, 0) is 4.74 Å². The molecule has 1 aliphatic heterocycles. The van der Waals surface area contributed by atoms with Crippen LogP contribution in [0.25, 0.3) is 5.65 Å². The first kappa shape index (κ1) is 23.8. The molecule has 2 fully saturated rings. The van der Waals surface area contributed by atoms with Crippen LogP contribution in [0.4, 0.5) is 18.0 Å². The first-order valence-electron chi connectivity index (χ1n) is 11.8. The molecule has 0 bridgehead atoms. The van der Waals surface area contributed by atoms with Gasteiger partial charge < -0.3 is 9.64 Å². The van der Waals surface area contributed by atoms with E-state index in [1.165, 1.54) is 0 Å². The van der Waals surface area contributed by atoms with E-state index in [1.807, 2.05) is 44.3 Å². The fourth-order valence-electron chi connectivity index (χ4n) is 5.06. The van der Waals surface area contributed by atoms with E-state index in [2.05, 4.69) is 4.98 Å². The number of amides is 1. The van der Waals surface area contributed by atoms with Crippen molar-refractivity contribution in [3.63, 3.8) is 0 Å². The zero-order valence-corrected chi connectivity index (χ0v) is 19.8. The molecular weight excluding hydrogens is 433 g/mol. The minimum absolute atomic E-state index is 0.0167. The van der Waals surface area contributed by atoms with E-state index >= 15 is 0 Å². The Morgan fingerprint density at radius 3 is 2.39 bits per heavy atom. The first-order valence-corrected chi connectivity index (χ1v) is 11.8. The number of nitrogens with zero attached hydrogens (tertiary/aromatic N) is 4. The van der Waals surface area contributed by atoms with Crippen molar-refractivity contribution in [3.8, 4) is 0 Å². The Morgan fingerprint density at radius 2 is 1.76 bits per heavy atom. The number of fused-ring (bicyclic) bond motifs is 1. The summed E-state index contributed by atoms with van der Waals surface area (Å²) in [5.41, 5.74) is 2.83. The molecule has 2 aromatic heterocycles. The van der Waals surface area contributed by atoms with E-state index in [-0.39, 0.29) is 30.8 Å². The number of likely N-dealkylation sites (tertiary alicyclic amines) is 1. The van der Waals surface area contributed by atoms with Crippen LogP contribution in [0.5, 0.6) is 0 Å². The zero-order valence-electron chi connectivity index (χ0n) is 19.8. The highest BCUT2D eigenvalue weighted by molar-refractivity contribution is 5.68. The monoisotopic (exact) mass is 466 g/mol. The van der Waals surface area contributed by atoms with E-state index in [1.54, 1.807) is 4.90 Å². The maximum absolute atomic E-state index is 13.1. The summed E-state index contributed by atoms with van der Waals surface area (Å²) in [4.78, 5) is 19.0. The van der Waals surface area contributed by atoms with Gasteiger partial charge in [0.05, 0.1) is 17.3 Å². The highest BCUT2D eigenvalue weighted by atomic mass is 19.4. The molecule has 1 amide bonds. The molecule has 0 spiro atoms. The Balaban J connectivity index is 1.55. The van der Waals surface area contributed by atoms with Gasteiger partial charge in [-0.2, -0.15) is 18.3 Å². The molecule has 0 unspecified atom stereocenters. The third-order valence-corrected chi connectivity index (χ3v) is 6.70. The van der Waals surface area contributed by atoms with Gasteiger partial charge in [-0.1, -0.05) is 0 Å². The molecule has 6 nitrogen and oxygen atoms in total. The Kier molecular flexibility index (Phi) is 6.35. The van der Waals surface area contributed by atoms with E-state index in [0.717, 1.165) is 29.9 Å². The summed E-state index contributed by atoms with van der Waals surface area (Å²) < 4.78 is 46.6. The topological polar surface area (TPSA) is 59.7 Å². The molecule has 1 aliphatic carbocycles. The molecule has 0 radical (unpaired) electrons. The Labute approximate surface area is 192 Å². The normalized spacial score (nSPS) is 24.8. The molecule has 2 aliphatic rings. The number of piperidine rings is 1. The van der Waals surface area contributed by atoms with Crippen LogP contribution in [0.15, 0.2) is 12.1 Å². The Hall–Kier alpha value is -2.32. The van der Waals surface area contributed by atoms with Gasteiger partial charge in [0.15, 0.2) is 5.65 Å². The number of aryl methyl sites for hydroxylation is 1. The van der Waals surface area contributed by atoms with Crippen LogP contribution < -0.4 is 0 Å². The van der Waals surface area contributed by atoms with Crippen molar-refractivity contribution in [2.24, 2.45) is 5.92 Å². The van der Waals surface area contributed by atoms with Gasteiger partial charge in [-0.05, 0) is 72.3 Å². The van der Waals surface area contributed by atoms with Gasteiger partial charge in [-0.25, -0.2) is 14.3 Å². The summed E-state index contributed by atoms with van der Waals surface area (Å²) in [6.07, 6.45) is -1.38. The van der Waals surface area contributed by atoms with Crippen molar-refractivity contribution in [3.05, 3.63) is 29.2 Å². The molecule has 182 valence electrons. The molecule has 0 aromatic carbocycles. The molecule has 2 aromatic rings. The fourth-order valence-corrected chi connectivity index (χ4v) is 5.06. The average molecular weight is 467 g/mol. The lowest BCUT2D eigenvalue weighted by Crippen LogP contribution is -2.42. The fraction of sp³-hybridized carbons (Fsp3) is 0.708. The number of hydrogen-bond acceptors (Lipinski definition) is 4. The molecule has 9 heteroatoms. The van der Waals surface area contributed by atoms with E-state index < -0.39 is 17.7 Å². The van der Waals surface area contributed by atoms with Crippen LogP contribution in [-0.4, -0.2) is 50.5 Å². The SMILES string of the molecule is Cc1cc([C@H]2CCCN(C(=O)OC(C)(C)C)C2)n2nc(C3CCC(C(F)(F)F)CC3)cc2n1. The molecule has 4 rings (SSSR count). The minimum atomic E-state index is -4.11. The van der Waals surface area contributed by atoms with Crippen LogP contribution in [0.1, 0.15) is 88.2 Å². The molecular formula is C24H33F3N4O2. The van der Waals surface area contributed by atoms with Crippen molar-refractivity contribution in [1.29, 1.82) is 0 Å². The van der Waals surface area contributed by atoms with E-state index in [9.17, 15) is 18.0 Å². The Morgan fingerprint density at radius 1 is 1.06 bits per heavy atom. The number of ether oxygens (including phenoxy) is 1. The summed E-state index contributed by atoms with van der Waals surface area (Å²) in [5, 5.41) is 4.81. The number of rotatable bonds is 2. The van der Waals surface area contributed by atoms with Crippen LogP contribution >= 0.6 is 0 Å². The van der Waals surface area contributed by atoms with Crippen molar-refractivity contribution < 1.29 is 22.7 Å². The molecule has 3 heterocycles. The van der Waals surface area contributed by atoms with Gasteiger partial charge in [-0.3, -0.25) is 0 Å². The molecule has 1 atom stereocenters. The lowest BCUT2D eigenvalue weighted by Gasteiger charge is -2.34. The Bertz CT molecular complexity index is 1000. The third kappa shape index (κ3) is 5.44. The summed E-state index contributed by atoms with van der Waals surface area (Å²) >= 11 is 0. The molecule has 33 heavy (non-hydrogen) atoms. The van der Waals surface area contributed by atoms with E-state index in [4.69, 9.17) is 9.84 Å². The second-order valence-electron chi connectivity index (χ2n) is 10.5. The predicted molar refractivity (Wildman–Crippen MR) is 118 cm³/mol. The van der Waals surface area contributed by atoms with Crippen molar-refractivity contribution in [2.45, 2.75) is 89.8 Å². The van der Waals surface area contributed by atoms with Crippen LogP contribution in [0.2, 0.25) is 0 Å². The predicted octanol–water partition coefficient (Wildman–Crippen LogP) is 5.99. The number of alkyl halides is 3. The van der Waals surface area contributed by atoms with Gasteiger partial charge in [-0.15, -0.1) is 0 Å². The molecule has 0 N–H and O–H groups in total. The van der Waals surface area contributed by atoms with Crippen LogP contribution in [0.3, 0.4) is 0 Å². The summed E-state index contributed by atoms with van der Waals surface area (Å²) in [6, 6.07) is 3.93. The number of aromatic nitrogens is 3. The van der Waals surface area contributed by atoms with Gasteiger partial charge in [0.2, 0.25) is 0 Å².